The molecule has 0 spiro atoms. The number of carboxylic acid groups (broad SMARTS) is 1. The zero-order chi connectivity index (χ0) is 35.0. The van der Waals surface area contributed by atoms with Crippen molar-refractivity contribution >= 4 is 29.4 Å². The molecule has 0 radical (unpaired) electrons. The van der Waals surface area contributed by atoms with Gasteiger partial charge in [0.05, 0.1) is 25.7 Å². The van der Waals surface area contributed by atoms with E-state index in [1.54, 1.807) is 79.9 Å². The maximum absolute atomic E-state index is 13.3. The Morgan fingerprint density at radius 1 is 0.694 bits per heavy atom. The highest BCUT2D eigenvalue weighted by atomic mass is 16.5. The van der Waals surface area contributed by atoms with Gasteiger partial charge in [-0.3, -0.25) is 14.4 Å². The van der Waals surface area contributed by atoms with Gasteiger partial charge in [-0.2, -0.15) is 0 Å². The molecule has 0 aromatic heterocycles. The number of ether oxygens (including phenoxy) is 3. The van der Waals surface area contributed by atoms with Crippen molar-refractivity contribution in [1.29, 1.82) is 0 Å². The lowest BCUT2D eigenvalue weighted by atomic mass is 10.1. The van der Waals surface area contributed by atoms with E-state index >= 15 is 0 Å². The van der Waals surface area contributed by atoms with Gasteiger partial charge in [0.15, 0.2) is 0 Å². The van der Waals surface area contributed by atoms with E-state index in [2.05, 4.69) is 12.2 Å². The van der Waals surface area contributed by atoms with Gasteiger partial charge in [0.25, 0.3) is 5.91 Å². The molecule has 10 nitrogen and oxygen atoms in total. The second-order valence-corrected chi connectivity index (χ2v) is 11.5. The Labute approximate surface area is 286 Å². The smallest absolute Gasteiger partial charge is 0.343 e. The molecule has 0 bridgehead atoms. The summed E-state index contributed by atoms with van der Waals surface area (Å²) in [5.41, 5.74) is 2.61. The average molecular weight is 667 g/mol. The molecule has 0 fully saturated rings. The molecule has 49 heavy (non-hydrogen) atoms. The van der Waals surface area contributed by atoms with Gasteiger partial charge < -0.3 is 29.5 Å². The molecule has 0 saturated heterocycles. The van der Waals surface area contributed by atoms with E-state index < -0.39 is 24.4 Å². The van der Waals surface area contributed by atoms with Crippen molar-refractivity contribution in [2.75, 3.05) is 25.6 Å². The van der Waals surface area contributed by atoms with Gasteiger partial charge in [0.1, 0.15) is 23.8 Å². The molecule has 4 rings (SSSR count). The number of hydrogen-bond donors (Lipinski definition) is 2. The Kier molecular flexibility index (Phi) is 13.8. The van der Waals surface area contributed by atoms with Gasteiger partial charge in [-0.25, -0.2) is 4.79 Å². The van der Waals surface area contributed by atoms with E-state index in [1.165, 1.54) is 36.3 Å². The fourth-order valence-corrected chi connectivity index (χ4v) is 5.01. The lowest BCUT2D eigenvalue weighted by molar-refractivity contribution is -0.137. The van der Waals surface area contributed by atoms with Crippen LogP contribution in [0.25, 0.3) is 0 Å². The molecule has 0 aliphatic heterocycles. The third-order valence-electron chi connectivity index (χ3n) is 7.67. The van der Waals surface area contributed by atoms with Gasteiger partial charge in [-0.15, -0.1) is 0 Å². The molecule has 10 heteroatoms. The number of carbonyl (C=O) groups is 4. The number of rotatable bonds is 18. The number of carboxylic acids is 1. The zero-order valence-corrected chi connectivity index (χ0v) is 27.9. The molecule has 0 unspecified atom stereocenters. The summed E-state index contributed by atoms with van der Waals surface area (Å²) in [6.07, 6.45) is 5.92. The predicted molar refractivity (Wildman–Crippen MR) is 186 cm³/mol. The summed E-state index contributed by atoms with van der Waals surface area (Å²) in [5, 5.41) is 12.3. The van der Waals surface area contributed by atoms with Crippen molar-refractivity contribution < 1.29 is 38.5 Å². The van der Waals surface area contributed by atoms with E-state index in [0.29, 0.717) is 40.7 Å². The highest BCUT2D eigenvalue weighted by molar-refractivity contribution is 5.97. The van der Waals surface area contributed by atoms with E-state index in [9.17, 15) is 24.3 Å². The molecule has 256 valence electrons. The number of nitrogens with one attached hydrogen (secondary N) is 1. The Hall–Kier alpha value is -5.64. The van der Waals surface area contributed by atoms with Crippen LogP contribution in [0.15, 0.2) is 97.1 Å². The molecule has 0 aliphatic carbocycles. The van der Waals surface area contributed by atoms with Crippen LogP contribution < -0.4 is 19.5 Å². The Bertz CT molecular complexity index is 1670. The second-order valence-electron chi connectivity index (χ2n) is 11.5. The lowest BCUT2D eigenvalue weighted by Crippen LogP contribution is -2.35. The number of aliphatic carboxylic acids is 1. The van der Waals surface area contributed by atoms with Crippen molar-refractivity contribution in [2.45, 2.75) is 52.0 Å². The van der Waals surface area contributed by atoms with Gasteiger partial charge >= 0.3 is 11.9 Å². The summed E-state index contributed by atoms with van der Waals surface area (Å²) < 4.78 is 16.4. The first-order valence-electron chi connectivity index (χ1n) is 16.3. The SMILES string of the molecule is CCCCCCCOc1ccc(C(=O)Oc2ccc(CN(CC(=O)O)C(=O)c3ccc(NC(=O)Cc4ccc(OC)cc4)cc3)cc2)cc1. The van der Waals surface area contributed by atoms with E-state index in [4.69, 9.17) is 14.2 Å². The Balaban J connectivity index is 1.29. The van der Waals surface area contributed by atoms with Crippen molar-refractivity contribution in [1.82, 2.24) is 4.90 Å². The Morgan fingerprint density at radius 3 is 1.92 bits per heavy atom. The van der Waals surface area contributed by atoms with Crippen LogP contribution in [0, 0.1) is 0 Å². The lowest BCUT2D eigenvalue weighted by Gasteiger charge is -2.21. The minimum absolute atomic E-state index is 0.0137. The summed E-state index contributed by atoms with van der Waals surface area (Å²) in [4.78, 5) is 51.3. The molecule has 0 saturated carbocycles. The summed E-state index contributed by atoms with van der Waals surface area (Å²) in [6, 6.07) is 26.8. The summed E-state index contributed by atoms with van der Waals surface area (Å²) in [6.45, 7) is 2.31. The zero-order valence-electron chi connectivity index (χ0n) is 27.9. The molecule has 4 aromatic rings. The Morgan fingerprint density at radius 2 is 1.29 bits per heavy atom. The third kappa shape index (κ3) is 11.8. The molecule has 2 N–H and O–H groups in total. The molecule has 2 amide bonds. The maximum atomic E-state index is 13.3. The maximum Gasteiger partial charge on any atom is 0.343 e. The van der Waals surface area contributed by atoms with Crippen molar-refractivity contribution in [3.05, 3.63) is 119 Å². The normalized spacial score (nSPS) is 10.6. The fourth-order valence-electron chi connectivity index (χ4n) is 5.01. The van der Waals surface area contributed by atoms with Crippen LogP contribution in [0.3, 0.4) is 0 Å². The first-order valence-corrected chi connectivity index (χ1v) is 16.3. The number of anilines is 1. The van der Waals surface area contributed by atoms with Crippen LogP contribution >= 0.6 is 0 Å². The molecule has 0 aliphatic rings. The van der Waals surface area contributed by atoms with E-state index in [-0.39, 0.29) is 24.4 Å². The molecule has 0 heterocycles. The number of carbonyl (C=O) groups excluding carboxylic acids is 3. The van der Waals surface area contributed by atoms with Crippen LogP contribution in [0.5, 0.6) is 17.2 Å². The number of esters is 1. The number of hydrogen-bond acceptors (Lipinski definition) is 7. The minimum Gasteiger partial charge on any atom is -0.497 e. The third-order valence-corrected chi connectivity index (χ3v) is 7.67. The van der Waals surface area contributed by atoms with Crippen molar-refractivity contribution in [2.24, 2.45) is 0 Å². The number of amides is 2. The van der Waals surface area contributed by atoms with Crippen LogP contribution in [-0.4, -0.2) is 54.0 Å². The van der Waals surface area contributed by atoms with E-state index in [0.717, 1.165) is 18.4 Å². The first kappa shape index (κ1) is 36.2. The molecule has 4 aromatic carbocycles. The highest BCUT2D eigenvalue weighted by Gasteiger charge is 2.20. The van der Waals surface area contributed by atoms with E-state index in [1.807, 2.05) is 12.1 Å². The standard InChI is InChI=1S/C39H42N2O8/c1-3-4-5-6-7-24-48-34-22-14-31(15-23-34)39(46)49-35-20-10-29(11-21-35)26-41(27-37(43)44)38(45)30-12-16-32(17-13-30)40-36(42)25-28-8-18-33(47-2)19-9-28/h8-23H,3-7,24-27H2,1-2H3,(H,40,42)(H,43,44). The van der Waals surface area contributed by atoms with Crippen molar-refractivity contribution in [3.8, 4) is 17.2 Å². The number of unbranched alkanes of at least 4 members (excludes halogenated alkanes) is 4. The average Bonchev–Trinajstić information content (AvgIpc) is 3.10. The predicted octanol–water partition coefficient (Wildman–Crippen LogP) is 7.17. The van der Waals surface area contributed by atoms with Crippen molar-refractivity contribution in [3.63, 3.8) is 0 Å². The van der Waals surface area contributed by atoms with Gasteiger partial charge in [0.2, 0.25) is 5.91 Å². The van der Waals surface area contributed by atoms with Gasteiger partial charge in [0, 0.05) is 17.8 Å². The summed E-state index contributed by atoms with van der Waals surface area (Å²) in [7, 11) is 1.57. The largest absolute Gasteiger partial charge is 0.497 e. The first-order chi connectivity index (χ1) is 23.7. The van der Waals surface area contributed by atoms with Crippen LogP contribution in [-0.2, 0) is 22.6 Å². The second kappa shape index (κ2) is 18.6. The van der Waals surface area contributed by atoms with Crippen LogP contribution in [0.2, 0.25) is 0 Å². The molecular weight excluding hydrogens is 624 g/mol. The fraction of sp³-hybridized carbons (Fsp3) is 0.282. The topological polar surface area (TPSA) is 131 Å². The number of nitrogens with zero attached hydrogens (tertiary/aromatic N) is 1. The minimum atomic E-state index is -1.16. The van der Waals surface area contributed by atoms with Crippen LogP contribution in [0.4, 0.5) is 5.69 Å². The van der Waals surface area contributed by atoms with Crippen LogP contribution in [0.1, 0.15) is 70.9 Å². The quantitative estimate of drug-likeness (QED) is 0.0649. The number of methoxy groups -OCH3 is 1. The molecule has 0 atom stereocenters. The van der Waals surface area contributed by atoms with Gasteiger partial charge in [-0.05, 0) is 90.3 Å². The summed E-state index contributed by atoms with van der Waals surface area (Å²) in [5.74, 6) is -0.699. The highest BCUT2D eigenvalue weighted by Crippen LogP contribution is 2.20. The monoisotopic (exact) mass is 666 g/mol. The number of benzene rings is 4. The van der Waals surface area contributed by atoms with Gasteiger partial charge in [-0.1, -0.05) is 56.9 Å². The molecular formula is C39H42N2O8. The summed E-state index contributed by atoms with van der Waals surface area (Å²) >= 11 is 0.